The van der Waals surface area contributed by atoms with Gasteiger partial charge in [0.05, 0.1) is 41.1 Å². The molecule has 2 amide bonds. The maximum atomic E-state index is 13.5. The van der Waals surface area contributed by atoms with E-state index in [2.05, 4.69) is 52.6 Å². The Morgan fingerprint density at radius 1 is 0.981 bits per heavy atom. The molecule has 2 heterocycles. The van der Waals surface area contributed by atoms with E-state index in [4.69, 9.17) is 9.47 Å². The molecule has 1 saturated heterocycles. The van der Waals surface area contributed by atoms with Crippen molar-refractivity contribution in [1.82, 2.24) is 14.9 Å². The molecule has 5 rings (SSSR count). The average Bonchev–Trinajstić information content (AvgIpc) is 3.83. The number of carbonyl (C=O) groups is 2. The molecular weight excluding hydrogens is 675 g/mol. The molecule has 1 unspecified atom stereocenters. The van der Waals surface area contributed by atoms with Crippen LogP contribution >= 0.6 is 0 Å². The summed E-state index contributed by atoms with van der Waals surface area (Å²) in [6.07, 6.45) is 9.34. The van der Waals surface area contributed by atoms with E-state index in [1.165, 1.54) is 0 Å². The second-order valence-corrected chi connectivity index (χ2v) is 14.5. The van der Waals surface area contributed by atoms with E-state index < -0.39 is 10.8 Å². The number of unbranched alkanes of at least 4 members (excludes halogenated alkanes) is 1. The van der Waals surface area contributed by atoms with Crippen molar-refractivity contribution in [1.29, 1.82) is 0 Å². The minimum atomic E-state index is -1.24. The molecule has 0 radical (unpaired) electrons. The zero-order chi connectivity index (χ0) is 36.9. The van der Waals surface area contributed by atoms with E-state index in [9.17, 15) is 13.8 Å². The van der Waals surface area contributed by atoms with Gasteiger partial charge in [0.15, 0.2) is 0 Å². The summed E-state index contributed by atoms with van der Waals surface area (Å²) in [5.41, 5.74) is 5.96. The number of anilines is 2. The summed E-state index contributed by atoms with van der Waals surface area (Å²) in [4.78, 5) is 33.0. The van der Waals surface area contributed by atoms with E-state index in [1.54, 1.807) is 50.8 Å². The fourth-order valence-corrected chi connectivity index (χ4v) is 7.31. The Balaban J connectivity index is 1.30. The molecule has 2 N–H and O–H groups in total. The number of nitrogens with zero attached hydrogens (tertiary/aromatic N) is 3. The van der Waals surface area contributed by atoms with Gasteiger partial charge in [-0.05, 0) is 97.5 Å². The van der Waals surface area contributed by atoms with Gasteiger partial charge in [-0.25, -0.2) is 4.98 Å². The third kappa shape index (κ3) is 10.4. The van der Waals surface area contributed by atoms with Crippen LogP contribution in [0.2, 0.25) is 0 Å². The van der Waals surface area contributed by atoms with E-state index in [-0.39, 0.29) is 17.7 Å². The molecule has 276 valence electrons. The molecule has 3 aromatic carbocycles. The molecule has 1 fully saturated rings. The Morgan fingerprint density at radius 3 is 2.48 bits per heavy atom. The Kier molecular flexibility index (Phi) is 14.2. The lowest BCUT2D eigenvalue weighted by Crippen LogP contribution is -2.30. The number of amides is 2. The van der Waals surface area contributed by atoms with Crippen molar-refractivity contribution in [3.63, 3.8) is 0 Å². The van der Waals surface area contributed by atoms with Crippen molar-refractivity contribution >= 4 is 40.1 Å². The Morgan fingerprint density at radius 2 is 1.75 bits per heavy atom. The molecule has 52 heavy (non-hydrogen) atoms. The SMILES string of the molecule is CCCCOCCOc1ccc(-c2ccc(N3CCC(C(=O)NC)C3)c(C=C(C)C(=O)Nc3ccc([S@@](=O)Cc4cncn4CCC)cc3)c2)cc1. The predicted octanol–water partition coefficient (Wildman–Crippen LogP) is 7.08. The molecule has 0 saturated carbocycles. The van der Waals surface area contributed by atoms with Crippen LogP contribution in [0.25, 0.3) is 17.2 Å². The summed E-state index contributed by atoms with van der Waals surface area (Å²) in [7, 11) is 0.429. The lowest BCUT2D eigenvalue weighted by Gasteiger charge is -2.22. The summed E-state index contributed by atoms with van der Waals surface area (Å²) in [6.45, 7) is 10.0. The summed E-state index contributed by atoms with van der Waals surface area (Å²) in [6, 6.07) is 21.4. The first-order valence-electron chi connectivity index (χ1n) is 18.2. The van der Waals surface area contributed by atoms with E-state index in [0.717, 1.165) is 79.2 Å². The van der Waals surface area contributed by atoms with Gasteiger partial charge in [-0.2, -0.15) is 0 Å². The number of aromatic nitrogens is 2. The maximum absolute atomic E-state index is 13.5. The normalized spacial score (nSPS) is 15.0. The summed E-state index contributed by atoms with van der Waals surface area (Å²) >= 11 is 0. The molecule has 1 aliphatic rings. The van der Waals surface area contributed by atoms with Gasteiger partial charge in [0.2, 0.25) is 5.91 Å². The molecule has 11 heteroatoms. The highest BCUT2D eigenvalue weighted by Gasteiger charge is 2.29. The van der Waals surface area contributed by atoms with Crippen LogP contribution in [0.5, 0.6) is 5.75 Å². The molecular formula is C41H51N5O5S. The largest absolute Gasteiger partial charge is 0.491 e. The second-order valence-electron chi connectivity index (χ2n) is 13.0. The van der Waals surface area contributed by atoms with Crippen LogP contribution in [0.3, 0.4) is 0 Å². The number of hydrogen-bond acceptors (Lipinski definition) is 7. The zero-order valence-electron chi connectivity index (χ0n) is 30.7. The van der Waals surface area contributed by atoms with Gasteiger partial charge in [-0.15, -0.1) is 0 Å². The van der Waals surface area contributed by atoms with Crippen LogP contribution in [-0.4, -0.2) is 65.5 Å². The molecule has 10 nitrogen and oxygen atoms in total. The quantitative estimate of drug-likeness (QED) is 0.0833. The number of imidazole rings is 1. The average molecular weight is 726 g/mol. The van der Waals surface area contributed by atoms with Crippen molar-refractivity contribution in [2.45, 2.75) is 63.6 Å². The third-order valence-corrected chi connectivity index (χ3v) is 10.5. The first-order valence-corrected chi connectivity index (χ1v) is 19.5. The zero-order valence-corrected chi connectivity index (χ0v) is 31.5. The second kappa shape index (κ2) is 19.2. The summed E-state index contributed by atoms with van der Waals surface area (Å²) in [5, 5.41) is 5.77. The number of ether oxygens (including phenoxy) is 2. The van der Waals surface area contributed by atoms with Crippen LogP contribution in [0, 0.1) is 5.92 Å². The summed E-state index contributed by atoms with van der Waals surface area (Å²) in [5.74, 6) is 0.870. The fourth-order valence-electron chi connectivity index (χ4n) is 6.19. The molecule has 4 aromatic rings. The van der Waals surface area contributed by atoms with Crippen molar-refractivity contribution in [3.8, 4) is 16.9 Å². The minimum absolute atomic E-state index is 0.0413. The molecule has 1 aliphatic heterocycles. The van der Waals surface area contributed by atoms with Gasteiger partial charge < -0.3 is 29.6 Å². The first-order chi connectivity index (χ1) is 25.3. The van der Waals surface area contributed by atoms with Crippen LogP contribution in [0.1, 0.15) is 57.7 Å². The number of aryl methyl sites for hydroxylation is 1. The molecule has 0 spiro atoms. The number of rotatable bonds is 18. The van der Waals surface area contributed by atoms with Crippen molar-refractivity contribution < 1.29 is 23.3 Å². The van der Waals surface area contributed by atoms with Crippen LogP contribution in [0.4, 0.5) is 11.4 Å². The summed E-state index contributed by atoms with van der Waals surface area (Å²) < 4.78 is 26.6. The Hall–Kier alpha value is -4.74. The number of carbonyl (C=O) groups excluding carboxylic acids is 2. The van der Waals surface area contributed by atoms with Gasteiger partial charge in [0.1, 0.15) is 12.4 Å². The van der Waals surface area contributed by atoms with Crippen LogP contribution in [-0.2, 0) is 37.4 Å². The molecule has 1 aromatic heterocycles. The third-order valence-electron chi connectivity index (χ3n) is 9.15. The van der Waals surface area contributed by atoms with Gasteiger partial charge in [0, 0.05) is 61.3 Å². The van der Waals surface area contributed by atoms with Crippen LogP contribution < -0.4 is 20.3 Å². The van der Waals surface area contributed by atoms with Gasteiger partial charge in [0.25, 0.3) is 5.91 Å². The highest BCUT2D eigenvalue weighted by atomic mass is 32.2. The monoisotopic (exact) mass is 725 g/mol. The van der Waals surface area contributed by atoms with Crippen molar-refractivity contribution in [2.24, 2.45) is 5.92 Å². The molecule has 0 aliphatic carbocycles. The van der Waals surface area contributed by atoms with Crippen molar-refractivity contribution in [2.75, 3.05) is 50.2 Å². The minimum Gasteiger partial charge on any atom is -0.491 e. The topological polar surface area (TPSA) is 115 Å². The highest BCUT2D eigenvalue weighted by molar-refractivity contribution is 7.84. The molecule has 0 bridgehead atoms. The number of benzene rings is 3. The number of hydrogen-bond donors (Lipinski definition) is 2. The molecule has 2 atom stereocenters. The van der Waals surface area contributed by atoms with E-state index >= 15 is 0 Å². The fraction of sp³-hybridized carbons (Fsp3) is 0.390. The standard InChI is InChI=1S/C41H51N5O5S/c1-5-7-21-50-22-23-51-37-13-8-31(9-14-37)32-10-17-39(45-20-18-33(27-45)41(48)42-4)34(25-32)24-30(3)40(47)44-35-11-15-38(16-12-35)52(49)28-36-26-43-29-46(36)19-6-2/h8-17,24-26,29,33H,5-7,18-23,27-28H2,1-4H3,(H,42,48)(H,44,47)/t33?,52-/m0/s1. The lowest BCUT2D eigenvalue weighted by atomic mass is 9.99. The van der Waals surface area contributed by atoms with Gasteiger partial charge >= 0.3 is 0 Å². The Labute approximate surface area is 310 Å². The Bertz CT molecular complexity index is 1840. The van der Waals surface area contributed by atoms with Crippen LogP contribution in [0.15, 0.2) is 89.7 Å². The maximum Gasteiger partial charge on any atom is 0.251 e. The number of nitrogens with one attached hydrogen (secondary N) is 2. The van der Waals surface area contributed by atoms with Gasteiger partial charge in [-0.3, -0.25) is 13.8 Å². The highest BCUT2D eigenvalue weighted by Crippen LogP contribution is 2.33. The lowest BCUT2D eigenvalue weighted by molar-refractivity contribution is -0.123. The smallest absolute Gasteiger partial charge is 0.251 e. The van der Waals surface area contributed by atoms with Gasteiger partial charge in [-0.1, -0.05) is 38.5 Å². The van der Waals surface area contributed by atoms with E-state index in [1.807, 2.05) is 34.9 Å². The van der Waals surface area contributed by atoms with E-state index in [0.29, 0.717) is 41.7 Å². The van der Waals surface area contributed by atoms with Crippen molar-refractivity contribution in [3.05, 3.63) is 96.1 Å². The predicted molar refractivity (Wildman–Crippen MR) is 209 cm³/mol. The first kappa shape index (κ1) is 38.5.